The van der Waals surface area contributed by atoms with Crippen LogP contribution in [-0.4, -0.2) is 32.5 Å². The maximum atomic E-state index is 12.5. The summed E-state index contributed by atoms with van der Waals surface area (Å²) in [6.07, 6.45) is 6.00. The highest BCUT2D eigenvalue weighted by molar-refractivity contribution is 5.91. The van der Waals surface area contributed by atoms with Crippen molar-refractivity contribution < 1.29 is 4.79 Å². The highest BCUT2D eigenvalue weighted by Crippen LogP contribution is 2.24. The fraction of sp³-hybridized carbons (Fsp3) is 0.250. The van der Waals surface area contributed by atoms with Crippen LogP contribution in [0.15, 0.2) is 60.9 Å². The van der Waals surface area contributed by atoms with E-state index in [2.05, 4.69) is 49.7 Å². The molecule has 0 saturated heterocycles. The Morgan fingerprint density at radius 2 is 2.07 bits per heavy atom. The number of nitrogens with zero attached hydrogens (tertiary/aromatic N) is 2. The lowest BCUT2D eigenvalue weighted by atomic mass is 9.99. The van der Waals surface area contributed by atoms with Gasteiger partial charge in [0.25, 0.3) is 0 Å². The minimum absolute atomic E-state index is 0.0466. The SMILES string of the molecule is O=C(CCc1c[nH]c2ccccc12)Nc1ccc2c(c1)CN(Cc1ccn[nH]1)CC2. The van der Waals surface area contributed by atoms with Gasteiger partial charge in [-0.2, -0.15) is 5.10 Å². The molecule has 152 valence electrons. The molecule has 0 saturated carbocycles. The van der Waals surface area contributed by atoms with Crippen LogP contribution < -0.4 is 5.32 Å². The summed E-state index contributed by atoms with van der Waals surface area (Å²) in [6.45, 7) is 2.77. The molecule has 0 atom stereocenters. The Morgan fingerprint density at radius 1 is 1.13 bits per heavy atom. The Hall–Kier alpha value is -3.38. The molecule has 5 rings (SSSR count). The zero-order chi connectivity index (χ0) is 20.3. The predicted octanol–water partition coefficient (Wildman–Crippen LogP) is 4.02. The van der Waals surface area contributed by atoms with Gasteiger partial charge in [-0.3, -0.25) is 14.8 Å². The summed E-state index contributed by atoms with van der Waals surface area (Å²) < 4.78 is 0. The number of aromatic nitrogens is 3. The molecule has 2 aromatic heterocycles. The van der Waals surface area contributed by atoms with Gasteiger partial charge in [-0.05, 0) is 53.8 Å². The van der Waals surface area contributed by atoms with E-state index in [0.29, 0.717) is 6.42 Å². The first-order valence-electron chi connectivity index (χ1n) is 10.4. The summed E-state index contributed by atoms with van der Waals surface area (Å²) in [5.74, 6) is 0.0466. The molecular formula is C24H25N5O. The molecule has 1 aliphatic heterocycles. The smallest absolute Gasteiger partial charge is 0.224 e. The second-order valence-corrected chi connectivity index (χ2v) is 7.93. The lowest BCUT2D eigenvalue weighted by Crippen LogP contribution is -2.30. The highest BCUT2D eigenvalue weighted by atomic mass is 16.1. The van der Waals surface area contributed by atoms with Crippen molar-refractivity contribution >= 4 is 22.5 Å². The van der Waals surface area contributed by atoms with E-state index >= 15 is 0 Å². The molecule has 4 aromatic rings. The minimum Gasteiger partial charge on any atom is -0.361 e. The number of anilines is 1. The standard InChI is InChI=1S/C24H25N5O/c30-24(8-6-18-14-25-23-4-2-1-3-22(18)23)27-20-7-5-17-10-12-29(15-19(17)13-20)16-21-9-11-26-28-21/h1-5,7,9,11,13-14,25H,6,8,10,12,15-16H2,(H,26,28)(H,27,30). The number of carbonyl (C=O) groups is 1. The number of benzene rings is 2. The number of nitrogens with one attached hydrogen (secondary N) is 3. The molecule has 1 amide bonds. The lowest BCUT2D eigenvalue weighted by Gasteiger charge is -2.28. The molecule has 3 heterocycles. The van der Waals surface area contributed by atoms with Crippen LogP contribution in [0.3, 0.4) is 0 Å². The van der Waals surface area contributed by atoms with Gasteiger partial charge in [-0.1, -0.05) is 24.3 Å². The van der Waals surface area contributed by atoms with Gasteiger partial charge >= 0.3 is 0 Å². The van der Waals surface area contributed by atoms with E-state index in [0.717, 1.165) is 49.4 Å². The number of fused-ring (bicyclic) bond motifs is 2. The number of hydrogen-bond donors (Lipinski definition) is 3. The third kappa shape index (κ3) is 4.00. The highest BCUT2D eigenvalue weighted by Gasteiger charge is 2.17. The number of hydrogen-bond acceptors (Lipinski definition) is 3. The van der Waals surface area contributed by atoms with Gasteiger partial charge in [0.1, 0.15) is 0 Å². The molecule has 0 bridgehead atoms. The van der Waals surface area contributed by atoms with E-state index < -0.39 is 0 Å². The molecule has 0 unspecified atom stereocenters. The maximum absolute atomic E-state index is 12.5. The zero-order valence-electron chi connectivity index (χ0n) is 16.8. The van der Waals surface area contributed by atoms with E-state index in [4.69, 9.17) is 0 Å². The van der Waals surface area contributed by atoms with Crippen LogP contribution in [0.5, 0.6) is 0 Å². The van der Waals surface area contributed by atoms with Crippen LogP contribution in [-0.2, 0) is 30.7 Å². The fourth-order valence-electron chi connectivity index (χ4n) is 4.25. The summed E-state index contributed by atoms with van der Waals surface area (Å²) in [7, 11) is 0. The van der Waals surface area contributed by atoms with Crippen molar-refractivity contribution in [1.29, 1.82) is 0 Å². The van der Waals surface area contributed by atoms with Gasteiger partial charge in [-0.15, -0.1) is 0 Å². The van der Waals surface area contributed by atoms with Crippen LogP contribution >= 0.6 is 0 Å². The van der Waals surface area contributed by atoms with Crippen molar-refractivity contribution in [2.75, 3.05) is 11.9 Å². The maximum Gasteiger partial charge on any atom is 0.224 e. The summed E-state index contributed by atoms with van der Waals surface area (Å²) in [4.78, 5) is 18.2. The number of para-hydroxylation sites is 1. The van der Waals surface area contributed by atoms with Crippen molar-refractivity contribution in [2.24, 2.45) is 0 Å². The molecule has 6 heteroatoms. The molecule has 0 radical (unpaired) electrons. The average Bonchev–Trinajstić information content (AvgIpc) is 3.42. The Morgan fingerprint density at radius 3 is 2.97 bits per heavy atom. The minimum atomic E-state index is 0.0466. The second kappa shape index (κ2) is 8.16. The molecule has 1 aliphatic rings. The first-order valence-corrected chi connectivity index (χ1v) is 10.4. The van der Waals surface area contributed by atoms with E-state index in [1.807, 2.05) is 30.5 Å². The number of aromatic amines is 2. The Bertz CT molecular complexity index is 1160. The molecule has 2 aromatic carbocycles. The quantitative estimate of drug-likeness (QED) is 0.458. The topological polar surface area (TPSA) is 76.8 Å². The van der Waals surface area contributed by atoms with Crippen molar-refractivity contribution in [3.05, 3.63) is 83.3 Å². The first-order chi connectivity index (χ1) is 14.7. The van der Waals surface area contributed by atoms with E-state index in [9.17, 15) is 4.79 Å². The van der Waals surface area contributed by atoms with Crippen LogP contribution in [0.25, 0.3) is 10.9 Å². The van der Waals surface area contributed by atoms with Crippen LogP contribution in [0.4, 0.5) is 5.69 Å². The number of H-pyrrole nitrogens is 2. The van der Waals surface area contributed by atoms with Crippen molar-refractivity contribution in [3.63, 3.8) is 0 Å². The number of aryl methyl sites for hydroxylation is 1. The molecule has 0 spiro atoms. The normalized spacial score (nSPS) is 14.0. The Balaban J connectivity index is 1.21. The van der Waals surface area contributed by atoms with Crippen LogP contribution in [0.1, 0.15) is 28.8 Å². The van der Waals surface area contributed by atoms with E-state index in [1.54, 1.807) is 6.20 Å². The molecule has 6 nitrogen and oxygen atoms in total. The predicted molar refractivity (Wildman–Crippen MR) is 118 cm³/mol. The zero-order valence-corrected chi connectivity index (χ0v) is 16.8. The van der Waals surface area contributed by atoms with Gasteiger partial charge in [0.15, 0.2) is 0 Å². The lowest BCUT2D eigenvalue weighted by molar-refractivity contribution is -0.116. The molecule has 0 aliphatic carbocycles. The molecule has 30 heavy (non-hydrogen) atoms. The number of rotatable bonds is 6. The largest absolute Gasteiger partial charge is 0.361 e. The summed E-state index contributed by atoms with van der Waals surface area (Å²) >= 11 is 0. The average molecular weight is 399 g/mol. The third-order valence-electron chi connectivity index (χ3n) is 5.83. The van der Waals surface area contributed by atoms with Gasteiger partial charge < -0.3 is 10.3 Å². The second-order valence-electron chi connectivity index (χ2n) is 7.93. The van der Waals surface area contributed by atoms with Crippen molar-refractivity contribution in [1.82, 2.24) is 20.1 Å². The number of amides is 1. The third-order valence-corrected chi connectivity index (χ3v) is 5.83. The summed E-state index contributed by atoms with van der Waals surface area (Å²) in [5, 5.41) is 11.3. The Kier molecular flexibility index (Phi) is 5.07. The molecule has 0 fully saturated rings. The van der Waals surface area contributed by atoms with Crippen molar-refractivity contribution in [2.45, 2.75) is 32.4 Å². The van der Waals surface area contributed by atoms with Crippen LogP contribution in [0.2, 0.25) is 0 Å². The number of carbonyl (C=O) groups excluding carboxylic acids is 1. The van der Waals surface area contributed by atoms with Gasteiger partial charge in [0.2, 0.25) is 5.91 Å². The van der Waals surface area contributed by atoms with Crippen LogP contribution in [0, 0.1) is 0 Å². The van der Waals surface area contributed by atoms with Gasteiger partial charge in [0, 0.05) is 60.7 Å². The monoisotopic (exact) mass is 399 g/mol. The fourth-order valence-corrected chi connectivity index (χ4v) is 4.25. The first kappa shape index (κ1) is 18.6. The molecule has 3 N–H and O–H groups in total. The van der Waals surface area contributed by atoms with Gasteiger partial charge in [-0.25, -0.2) is 0 Å². The van der Waals surface area contributed by atoms with E-state index in [1.165, 1.54) is 22.1 Å². The summed E-state index contributed by atoms with van der Waals surface area (Å²) in [6, 6.07) is 16.5. The summed E-state index contributed by atoms with van der Waals surface area (Å²) in [5.41, 5.74) is 6.95. The van der Waals surface area contributed by atoms with E-state index in [-0.39, 0.29) is 5.91 Å². The van der Waals surface area contributed by atoms with Gasteiger partial charge in [0.05, 0.1) is 0 Å². The Labute approximate surface area is 175 Å². The van der Waals surface area contributed by atoms with Crippen molar-refractivity contribution in [3.8, 4) is 0 Å². The molecular weight excluding hydrogens is 374 g/mol.